The largest absolute Gasteiger partial charge is 0.339 e. The molecule has 31 heavy (non-hydrogen) atoms. The summed E-state index contributed by atoms with van der Waals surface area (Å²) in [6.45, 7) is 4.37. The first-order chi connectivity index (χ1) is 14.7. The van der Waals surface area contributed by atoms with Crippen LogP contribution in [-0.4, -0.2) is 54.6 Å². The SMILES string of the molecule is CCC1CCCC(N(CC2CCN(S(C)(=O)=O)CC2)c2nc3cc(Cl)c(Cl)cc3[nH]2)C1. The maximum Gasteiger partial charge on any atom is 0.211 e. The number of imidazole rings is 1. The molecule has 9 heteroatoms. The Morgan fingerprint density at radius 2 is 1.84 bits per heavy atom. The number of hydrogen-bond donors (Lipinski definition) is 1. The Morgan fingerprint density at radius 1 is 1.13 bits per heavy atom. The van der Waals surface area contributed by atoms with Crippen molar-refractivity contribution >= 4 is 50.2 Å². The molecule has 2 aliphatic rings. The minimum absolute atomic E-state index is 0.443. The average Bonchev–Trinajstić information content (AvgIpc) is 3.14. The second kappa shape index (κ2) is 9.46. The summed E-state index contributed by atoms with van der Waals surface area (Å²) in [7, 11) is -3.11. The molecule has 1 aliphatic carbocycles. The molecule has 2 heterocycles. The third-order valence-corrected chi connectivity index (χ3v) is 9.08. The van der Waals surface area contributed by atoms with Gasteiger partial charge < -0.3 is 9.88 Å². The van der Waals surface area contributed by atoms with Crippen molar-refractivity contribution in [2.45, 2.75) is 57.9 Å². The van der Waals surface area contributed by atoms with E-state index in [4.69, 9.17) is 28.2 Å². The molecule has 2 fully saturated rings. The van der Waals surface area contributed by atoms with Crippen LogP contribution in [0.15, 0.2) is 12.1 Å². The molecule has 1 saturated carbocycles. The highest BCUT2D eigenvalue weighted by Gasteiger charge is 2.32. The van der Waals surface area contributed by atoms with Crippen molar-refractivity contribution in [1.29, 1.82) is 0 Å². The lowest BCUT2D eigenvalue weighted by Crippen LogP contribution is -2.45. The van der Waals surface area contributed by atoms with Gasteiger partial charge in [0.15, 0.2) is 0 Å². The van der Waals surface area contributed by atoms with Gasteiger partial charge in [0.25, 0.3) is 0 Å². The van der Waals surface area contributed by atoms with Gasteiger partial charge in [-0.05, 0) is 49.7 Å². The van der Waals surface area contributed by atoms with Gasteiger partial charge in [-0.25, -0.2) is 17.7 Å². The molecule has 172 valence electrons. The Hall–Kier alpha value is -1.02. The van der Waals surface area contributed by atoms with Gasteiger partial charge in [0.05, 0.1) is 27.3 Å². The molecule has 0 radical (unpaired) electrons. The highest BCUT2D eigenvalue weighted by Crippen LogP contribution is 2.35. The molecule has 0 amide bonds. The van der Waals surface area contributed by atoms with E-state index in [1.165, 1.54) is 31.9 Å². The predicted molar refractivity (Wildman–Crippen MR) is 129 cm³/mol. The monoisotopic (exact) mass is 486 g/mol. The number of aromatic nitrogens is 2. The smallest absolute Gasteiger partial charge is 0.211 e. The molecule has 1 N–H and O–H groups in total. The number of rotatable bonds is 6. The van der Waals surface area contributed by atoms with Crippen molar-refractivity contribution in [2.24, 2.45) is 11.8 Å². The number of piperidine rings is 1. The second-order valence-corrected chi connectivity index (χ2v) is 12.0. The van der Waals surface area contributed by atoms with Gasteiger partial charge in [-0.2, -0.15) is 0 Å². The maximum atomic E-state index is 11.9. The first-order valence-electron chi connectivity index (χ1n) is 11.3. The fraction of sp³-hybridized carbons (Fsp3) is 0.682. The van der Waals surface area contributed by atoms with Crippen molar-refractivity contribution in [2.75, 3.05) is 30.8 Å². The molecule has 1 aliphatic heterocycles. The van der Waals surface area contributed by atoms with Crippen LogP contribution < -0.4 is 4.90 Å². The van der Waals surface area contributed by atoms with Crippen LogP contribution in [0.2, 0.25) is 10.0 Å². The summed E-state index contributed by atoms with van der Waals surface area (Å²) >= 11 is 12.4. The standard InChI is InChI=1S/C22H32Cl2N4O2S/c1-3-15-5-4-6-17(11-15)28(14-16-7-9-27(10-8-16)31(2,29)30)22-25-20-12-18(23)19(24)13-21(20)26-22/h12-13,15-17H,3-11,14H2,1-2H3,(H,25,26). The van der Waals surface area contributed by atoms with Gasteiger partial charge in [-0.1, -0.05) is 49.4 Å². The fourth-order valence-electron chi connectivity index (χ4n) is 5.15. The van der Waals surface area contributed by atoms with Crippen molar-refractivity contribution in [3.05, 3.63) is 22.2 Å². The Bertz CT molecular complexity index is 979. The number of H-pyrrole nitrogens is 1. The number of nitrogens with zero attached hydrogens (tertiary/aromatic N) is 3. The van der Waals surface area contributed by atoms with Crippen LogP contribution in [0.3, 0.4) is 0 Å². The van der Waals surface area contributed by atoms with E-state index in [2.05, 4.69) is 16.8 Å². The number of anilines is 1. The van der Waals surface area contributed by atoms with Gasteiger partial charge in [0, 0.05) is 25.7 Å². The molecular weight excluding hydrogens is 455 g/mol. The number of nitrogens with one attached hydrogen (secondary N) is 1. The zero-order valence-corrected chi connectivity index (χ0v) is 20.6. The first-order valence-corrected chi connectivity index (χ1v) is 13.9. The summed E-state index contributed by atoms with van der Waals surface area (Å²) in [5, 5.41) is 1.03. The summed E-state index contributed by atoms with van der Waals surface area (Å²) < 4.78 is 25.4. The molecule has 1 aromatic carbocycles. The van der Waals surface area contributed by atoms with E-state index in [0.29, 0.717) is 35.1 Å². The van der Waals surface area contributed by atoms with Gasteiger partial charge in [-0.3, -0.25) is 0 Å². The molecule has 6 nitrogen and oxygen atoms in total. The molecule has 1 saturated heterocycles. The van der Waals surface area contributed by atoms with Crippen LogP contribution in [0.25, 0.3) is 11.0 Å². The highest BCUT2D eigenvalue weighted by molar-refractivity contribution is 7.88. The van der Waals surface area contributed by atoms with Crippen LogP contribution in [0.4, 0.5) is 5.95 Å². The zero-order chi connectivity index (χ0) is 22.2. The van der Waals surface area contributed by atoms with E-state index in [1.54, 1.807) is 4.31 Å². The first kappa shape index (κ1) is 23.1. The van der Waals surface area contributed by atoms with Crippen molar-refractivity contribution in [3.8, 4) is 0 Å². The average molecular weight is 487 g/mol. The van der Waals surface area contributed by atoms with E-state index < -0.39 is 10.0 Å². The second-order valence-electron chi connectivity index (χ2n) is 9.20. The Labute approximate surface area is 195 Å². The van der Waals surface area contributed by atoms with E-state index in [1.807, 2.05) is 12.1 Å². The fourth-order valence-corrected chi connectivity index (χ4v) is 6.35. The normalized spacial score (nSPS) is 24.0. The molecular formula is C22H32Cl2N4O2S. The molecule has 2 aromatic rings. The van der Waals surface area contributed by atoms with E-state index >= 15 is 0 Å². The summed E-state index contributed by atoms with van der Waals surface area (Å²) in [6, 6.07) is 4.10. The molecule has 0 bridgehead atoms. The van der Waals surface area contributed by atoms with Crippen LogP contribution in [0.1, 0.15) is 51.9 Å². The number of aromatic amines is 1. The van der Waals surface area contributed by atoms with Gasteiger partial charge >= 0.3 is 0 Å². The summed E-state index contributed by atoms with van der Waals surface area (Å²) in [4.78, 5) is 10.8. The quantitative estimate of drug-likeness (QED) is 0.599. The van der Waals surface area contributed by atoms with Gasteiger partial charge in [0.2, 0.25) is 16.0 Å². The van der Waals surface area contributed by atoms with E-state index in [0.717, 1.165) is 48.7 Å². The minimum Gasteiger partial charge on any atom is -0.339 e. The number of halogens is 2. The summed E-state index contributed by atoms with van der Waals surface area (Å²) in [5.74, 6) is 2.07. The third kappa shape index (κ3) is 5.32. The lowest BCUT2D eigenvalue weighted by atomic mass is 9.83. The topological polar surface area (TPSA) is 69.3 Å². The summed E-state index contributed by atoms with van der Waals surface area (Å²) in [6.07, 6.45) is 9.16. The number of benzene rings is 1. The lowest BCUT2D eigenvalue weighted by Gasteiger charge is -2.40. The molecule has 1 aromatic heterocycles. The van der Waals surface area contributed by atoms with Crippen LogP contribution >= 0.6 is 23.2 Å². The van der Waals surface area contributed by atoms with Crippen molar-refractivity contribution < 1.29 is 8.42 Å². The summed E-state index contributed by atoms with van der Waals surface area (Å²) in [5.41, 5.74) is 1.72. The molecule has 2 unspecified atom stereocenters. The number of fused-ring (bicyclic) bond motifs is 1. The Balaban J connectivity index is 1.58. The van der Waals surface area contributed by atoms with Gasteiger partial charge in [0.1, 0.15) is 0 Å². The van der Waals surface area contributed by atoms with Crippen LogP contribution in [0.5, 0.6) is 0 Å². The third-order valence-electron chi connectivity index (χ3n) is 7.05. The van der Waals surface area contributed by atoms with E-state index in [9.17, 15) is 8.42 Å². The molecule has 0 spiro atoms. The van der Waals surface area contributed by atoms with Crippen molar-refractivity contribution in [1.82, 2.24) is 14.3 Å². The Morgan fingerprint density at radius 3 is 2.52 bits per heavy atom. The van der Waals surface area contributed by atoms with Crippen LogP contribution in [-0.2, 0) is 10.0 Å². The maximum absolute atomic E-state index is 11.9. The molecule has 4 rings (SSSR count). The molecule has 2 atom stereocenters. The predicted octanol–water partition coefficient (Wildman–Crippen LogP) is 5.32. The Kier molecular flexibility index (Phi) is 7.06. The minimum atomic E-state index is -3.11. The van der Waals surface area contributed by atoms with Crippen molar-refractivity contribution in [3.63, 3.8) is 0 Å². The number of hydrogen-bond acceptors (Lipinski definition) is 4. The van der Waals surface area contributed by atoms with Gasteiger partial charge in [-0.15, -0.1) is 0 Å². The zero-order valence-electron chi connectivity index (χ0n) is 18.3. The lowest BCUT2D eigenvalue weighted by molar-refractivity contribution is 0.254. The van der Waals surface area contributed by atoms with E-state index in [-0.39, 0.29) is 0 Å². The highest BCUT2D eigenvalue weighted by atomic mass is 35.5. The van der Waals surface area contributed by atoms with Crippen LogP contribution in [0, 0.1) is 11.8 Å². The number of sulfonamides is 1.